The van der Waals surface area contributed by atoms with Crippen LogP contribution < -0.4 is 106 Å². The molecule has 0 unspecified atom stereocenters. The SMILES string of the molecule is CC[C@H](C)[C@H](NC(=O)[C@H](C)NC(=O)[C@H](CC(C)C)NC(=O)[C@H](CCCN=C(N)N)NC(=O)[C@H](CC(C)C)NC(=O)[C@@H](N)CCCN=C(N)N)C(=O)N[C@@H](CCCN=C(N)N)C(=O)N[C@@H](CCCCN)C(=O)N[C@@H](CCCN=C(N)N)C(N)=O. The van der Waals surface area contributed by atoms with Crippen LogP contribution in [-0.4, -0.2) is 164 Å². The average molecular weight is 1180 g/mol. The third-order valence-corrected chi connectivity index (χ3v) is 12.9. The number of primary amides is 1. The first-order valence-electron chi connectivity index (χ1n) is 28.3. The van der Waals surface area contributed by atoms with E-state index in [-0.39, 0.29) is 126 Å². The van der Waals surface area contributed by atoms with E-state index < -0.39 is 113 Å². The lowest BCUT2D eigenvalue weighted by Crippen LogP contribution is -2.61. The van der Waals surface area contributed by atoms with Crippen LogP contribution in [0.5, 0.6) is 0 Å². The quantitative estimate of drug-likeness (QED) is 0.0154. The molecule has 0 rings (SSSR count). The molecule has 0 spiro atoms. The lowest BCUT2D eigenvalue weighted by Gasteiger charge is -2.29. The van der Waals surface area contributed by atoms with Crippen molar-refractivity contribution in [3.05, 3.63) is 0 Å². The highest BCUT2D eigenvalue weighted by Crippen LogP contribution is 2.14. The Morgan fingerprint density at radius 3 is 1.07 bits per heavy atom. The molecular weight excluding hydrogens is 1080 g/mol. The highest BCUT2D eigenvalue weighted by atomic mass is 16.2. The summed E-state index contributed by atoms with van der Waals surface area (Å²) in [7, 11) is 0. The summed E-state index contributed by atoms with van der Waals surface area (Å²) in [4.78, 5) is 140. The fourth-order valence-corrected chi connectivity index (χ4v) is 8.14. The van der Waals surface area contributed by atoms with Gasteiger partial charge in [-0.15, -0.1) is 0 Å². The van der Waals surface area contributed by atoms with Crippen LogP contribution in [0.1, 0.15) is 138 Å². The topological polar surface area (TPSA) is 586 Å². The van der Waals surface area contributed by atoms with Crippen molar-refractivity contribution in [2.75, 3.05) is 32.7 Å². The number of aliphatic imine (C=N–C) groups is 4. The number of nitrogens with two attached hydrogens (primary N) is 11. The Morgan fingerprint density at radius 1 is 0.373 bits per heavy atom. The maximum absolute atomic E-state index is 14.3. The fraction of sp³-hybridized carbons (Fsp3) is 0.745. The van der Waals surface area contributed by atoms with E-state index >= 15 is 0 Å². The lowest BCUT2D eigenvalue weighted by molar-refractivity contribution is -0.136. The van der Waals surface area contributed by atoms with Crippen molar-refractivity contribution < 1.29 is 43.2 Å². The van der Waals surface area contributed by atoms with Crippen molar-refractivity contribution in [2.45, 2.75) is 193 Å². The molecule has 0 radical (unpaired) electrons. The van der Waals surface area contributed by atoms with Crippen LogP contribution in [0, 0.1) is 17.8 Å². The molecule has 0 bridgehead atoms. The molecule has 0 aliphatic rings. The van der Waals surface area contributed by atoms with E-state index in [2.05, 4.69) is 62.5 Å². The highest BCUT2D eigenvalue weighted by Gasteiger charge is 2.35. The Morgan fingerprint density at radius 2 is 0.699 bits per heavy atom. The van der Waals surface area contributed by atoms with E-state index in [1.54, 1.807) is 13.8 Å². The third-order valence-electron chi connectivity index (χ3n) is 12.9. The van der Waals surface area contributed by atoms with Gasteiger partial charge in [-0.3, -0.25) is 63.1 Å². The molecule has 10 atom stereocenters. The molecule has 0 aromatic heterocycles. The van der Waals surface area contributed by atoms with E-state index in [0.29, 0.717) is 32.2 Å². The number of hydrogen-bond acceptors (Lipinski definition) is 15. The number of carbonyl (C=O) groups excluding carboxylic acids is 9. The van der Waals surface area contributed by atoms with Crippen LogP contribution >= 0.6 is 0 Å². The van der Waals surface area contributed by atoms with E-state index in [4.69, 9.17) is 63.1 Å². The molecule has 0 fully saturated rings. The smallest absolute Gasteiger partial charge is 0.243 e. The number of guanidine groups is 4. The summed E-state index contributed by atoms with van der Waals surface area (Å²) in [5.41, 5.74) is 61.1. The van der Waals surface area contributed by atoms with Crippen molar-refractivity contribution in [3.63, 3.8) is 0 Å². The number of nitrogens with zero attached hydrogens (tertiary/aromatic N) is 4. The Kier molecular flexibility index (Phi) is 37.4. The molecule has 0 aromatic carbocycles. The van der Waals surface area contributed by atoms with Gasteiger partial charge in [-0.25, -0.2) is 0 Å². The molecule has 474 valence electrons. The van der Waals surface area contributed by atoms with Crippen LogP contribution in [-0.2, 0) is 43.2 Å². The normalized spacial score (nSPS) is 14.6. The zero-order valence-corrected chi connectivity index (χ0v) is 49.7. The average Bonchev–Trinajstić information content (AvgIpc) is 3.41. The van der Waals surface area contributed by atoms with Gasteiger partial charge >= 0.3 is 0 Å². The Labute approximate surface area is 487 Å². The number of nitrogens with one attached hydrogen (secondary N) is 8. The van der Waals surface area contributed by atoms with Crippen molar-refractivity contribution >= 4 is 77.0 Å². The second kappa shape index (κ2) is 41.3. The van der Waals surface area contributed by atoms with Crippen LogP contribution in [0.2, 0.25) is 0 Å². The number of carbonyl (C=O) groups is 9. The maximum Gasteiger partial charge on any atom is 0.243 e. The van der Waals surface area contributed by atoms with Crippen molar-refractivity contribution in [3.8, 4) is 0 Å². The zero-order valence-electron chi connectivity index (χ0n) is 49.7. The second-order valence-corrected chi connectivity index (χ2v) is 21.3. The fourth-order valence-electron chi connectivity index (χ4n) is 8.14. The van der Waals surface area contributed by atoms with Gasteiger partial charge < -0.3 is 106 Å². The number of unbranched alkanes of at least 4 members (excludes halogenated alkanes) is 1. The van der Waals surface area contributed by atoms with E-state index in [1.807, 2.05) is 27.7 Å². The van der Waals surface area contributed by atoms with Crippen molar-refractivity contribution in [2.24, 2.45) is 101 Å². The van der Waals surface area contributed by atoms with Gasteiger partial charge in [-0.05, 0) is 115 Å². The van der Waals surface area contributed by atoms with Gasteiger partial charge in [-0.2, -0.15) is 0 Å². The van der Waals surface area contributed by atoms with Gasteiger partial charge in [0.25, 0.3) is 0 Å². The monoisotopic (exact) mass is 1180 g/mol. The molecule has 0 saturated carbocycles. The first-order chi connectivity index (χ1) is 38.9. The molecule has 9 amide bonds. The summed E-state index contributed by atoms with van der Waals surface area (Å²) < 4.78 is 0. The van der Waals surface area contributed by atoms with Gasteiger partial charge in [0.2, 0.25) is 53.2 Å². The van der Waals surface area contributed by atoms with Crippen LogP contribution in [0.4, 0.5) is 0 Å². The summed E-state index contributed by atoms with van der Waals surface area (Å²) in [6.45, 7) is 13.0. The second-order valence-electron chi connectivity index (χ2n) is 21.3. The summed E-state index contributed by atoms with van der Waals surface area (Å²) in [5, 5.41) is 21.5. The summed E-state index contributed by atoms with van der Waals surface area (Å²) in [6, 6.07) is -10.9. The predicted molar refractivity (Wildman–Crippen MR) is 319 cm³/mol. The van der Waals surface area contributed by atoms with Crippen LogP contribution in [0.25, 0.3) is 0 Å². The van der Waals surface area contributed by atoms with Crippen molar-refractivity contribution in [1.29, 1.82) is 0 Å². The molecule has 0 aliphatic carbocycles. The largest absolute Gasteiger partial charge is 0.370 e. The Bertz CT molecular complexity index is 2180. The summed E-state index contributed by atoms with van der Waals surface area (Å²) >= 11 is 0. The molecule has 0 heterocycles. The minimum Gasteiger partial charge on any atom is -0.370 e. The Hall–Kier alpha value is -7.77. The molecule has 32 nitrogen and oxygen atoms in total. The number of hydrogen-bond donors (Lipinski definition) is 19. The van der Waals surface area contributed by atoms with Crippen molar-refractivity contribution in [1.82, 2.24) is 42.5 Å². The van der Waals surface area contributed by atoms with E-state index in [0.717, 1.165) is 0 Å². The standard InChI is InChI=1S/C51H101N23O9/c1-8-29(6)38(47(83)71-35(19-14-24-66-51(61)62)43(79)69-33(16-9-10-20-52)42(78)68-32(39(54)75)17-12-22-64-49(57)58)74-40(76)30(7)67-45(81)36(25-27(2)3)73-44(80)34(18-13-23-65-50(59)60)70-46(82)37(26-28(4)5)72-41(77)31(53)15-11-21-63-48(55)56/h27-38H,8-26,52-53H2,1-7H3,(H2,54,75)(H,67,81)(H,68,78)(H,69,79)(H,70,82)(H,71,83)(H,72,77)(H,73,80)(H,74,76)(H4,55,56,63)(H4,57,58,64)(H4,59,60,65)(H4,61,62,66)/t29-,30-,31-,32-,33-,34-,35-,36-,37-,38-/m0/s1. The van der Waals surface area contributed by atoms with Gasteiger partial charge in [0.05, 0.1) is 6.04 Å². The molecule has 0 saturated heterocycles. The first kappa shape index (κ1) is 75.2. The molecule has 0 aliphatic heterocycles. The molecule has 30 N–H and O–H groups in total. The van der Waals surface area contributed by atoms with Gasteiger partial charge in [-0.1, -0.05) is 48.0 Å². The third kappa shape index (κ3) is 33.7. The van der Waals surface area contributed by atoms with Gasteiger partial charge in [0.15, 0.2) is 23.8 Å². The number of amides is 9. The minimum absolute atomic E-state index is 0.000580. The van der Waals surface area contributed by atoms with Crippen LogP contribution in [0.15, 0.2) is 20.0 Å². The summed E-state index contributed by atoms with van der Waals surface area (Å²) in [6.07, 6.45) is 2.94. The first-order valence-corrected chi connectivity index (χ1v) is 28.3. The van der Waals surface area contributed by atoms with E-state index in [9.17, 15) is 43.2 Å². The van der Waals surface area contributed by atoms with Gasteiger partial charge in [0.1, 0.15) is 48.3 Å². The Balaban J connectivity index is 6.69. The van der Waals surface area contributed by atoms with Gasteiger partial charge in [0, 0.05) is 26.2 Å². The van der Waals surface area contributed by atoms with E-state index in [1.165, 1.54) is 6.92 Å². The molecule has 0 aromatic rings. The maximum atomic E-state index is 14.3. The highest BCUT2D eigenvalue weighted by molar-refractivity contribution is 5.98. The minimum atomic E-state index is -1.31. The number of rotatable bonds is 43. The zero-order chi connectivity index (χ0) is 63.4. The summed E-state index contributed by atoms with van der Waals surface area (Å²) in [5.74, 6) is -8.20. The van der Waals surface area contributed by atoms with Crippen LogP contribution in [0.3, 0.4) is 0 Å². The lowest BCUT2D eigenvalue weighted by atomic mass is 9.97. The molecular formula is C51H101N23O9. The molecule has 83 heavy (non-hydrogen) atoms. The molecule has 32 heteroatoms. The predicted octanol–water partition coefficient (Wildman–Crippen LogP) is -5.82.